The second-order valence-electron chi connectivity index (χ2n) is 7.55. The molecular weight excluding hydrogens is 406 g/mol. The van der Waals surface area contributed by atoms with Gasteiger partial charge in [0.25, 0.3) is 5.56 Å². The van der Waals surface area contributed by atoms with Crippen LogP contribution in [0, 0.1) is 6.85 Å². The molecule has 2 N–H and O–H groups in total. The Morgan fingerprint density at radius 3 is 2.83 bits per heavy atom. The summed E-state index contributed by atoms with van der Waals surface area (Å²) in [6.07, 6.45) is -2.86. The molecule has 9 nitrogen and oxygen atoms in total. The number of fused-ring (bicyclic) bond motifs is 1. The fourth-order valence-corrected chi connectivity index (χ4v) is 4.39. The Morgan fingerprint density at radius 1 is 1.40 bits per heavy atom. The molecular formula is C20H29N5O4S. The lowest BCUT2D eigenvalue weighted by Gasteiger charge is -2.31. The van der Waals surface area contributed by atoms with Gasteiger partial charge in [-0.2, -0.15) is 4.98 Å². The molecule has 4 rings (SSSR count). The molecule has 0 spiro atoms. The number of aliphatic hydroxyl groups is 1. The van der Waals surface area contributed by atoms with Gasteiger partial charge in [0, 0.05) is 50.0 Å². The van der Waals surface area contributed by atoms with E-state index in [2.05, 4.69) is 15.3 Å². The van der Waals surface area contributed by atoms with Crippen LogP contribution < -0.4 is 10.9 Å². The summed E-state index contributed by atoms with van der Waals surface area (Å²) in [6, 6.07) is -1.99. The number of pyridine rings is 1. The highest BCUT2D eigenvalue weighted by Gasteiger charge is 2.39. The van der Waals surface area contributed by atoms with E-state index in [4.69, 9.17) is 13.7 Å². The Hall–Kier alpha value is -2.04. The number of anilines is 1. The monoisotopic (exact) mass is 445 g/mol. The molecule has 3 heterocycles. The first-order chi connectivity index (χ1) is 18.0. The number of sulfonamides is 1. The molecule has 1 aliphatic carbocycles. The molecule has 2 atom stereocenters. The highest BCUT2D eigenvalue weighted by Crippen LogP contribution is 2.39. The number of hydrogen-bond donors (Lipinski definition) is 2. The van der Waals surface area contributed by atoms with Gasteiger partial charge in [-0.05, 0) is 51.8 Å². The molecule has 0 amide bonds. The van der Waals surface area contributed by atoms with Crippen LogP contribution >= 0.6 is 0 Å². The molecule has 0 bridgehead atoms. The molecule has 0 aromatic carbocycles. The summed E-state index contributed by atoms with van der Waals surface area (Å²) in [5.41, 5.74) is -4.33. The normalized spacial score (nSPS) is 35.5. The predicted octanol–water partition coefficient (Wildman–Crippen LogP) is 1.41. The van der Waals surface area contributed by atoms with Crippen molar-refractivity contribution in [2.45, 2.75) is 63.4 Å². The van der Waals surface area contributed by atoms with Crippen molar-refractivity contribution < 1.29 is 27.2 Å². The van der Waals surface area contributed by atoms with Gasteiger partial charge in [0.15, 0.2) is 0 Å². The van der Waals surface area contributed by atoms with Crippen LogP contribution in [0.15, 0.2) is 17.1 Å². The molecule has 1 aliphatic heterocycles. The minimum absolute atomic E-state index is 0.0222. The average Bonchev–Trinajstić information content (AvgIpc) is 3.16. The van der Waals surface area contributed by atoms with Crippen molar-refractivity contribution >= 4 is 27.0 Å². The van der Waals surface area contributed by atoms with E-state index in [0.717, 1.165) is 23.1 Å². The predicted molar refractivity (Wildman–Crippen MR) is 115 cm³/mol. The maximum absolute atomic E-state index is 13.5. The van der Waals surface area contributed by atoms with Crippen molar-refractivity contribution in [3.8, 4) is 0 Å². The van der Waals surface area contributed by atoms with Gasteiger partial charge in [-0.3, -0.25) is 9.36 Å². The molecule has 2 aromatic rings. The van der Waals surface area contributed by atoms with E-state index in [1.807, 2.05) is 0 Å². The first-order valence-electron chi connectivity index (χ1n) is 14.4. The lowest BCUT2D eigenvalue weighted by atomic mass is 9.99. The Kier molecular flexibility index (Phi) is 3.06. The zero-order chi connectivity index (χ0) is 30.3. The third-order valence-electron chi connectivity index (χ3n) is 5.36. The first-order valence-corrected chi connectivity index (χ1v) is 11.2. The van der Waals surface area contributed by atoms with Crippen LogP contribution in [0.25, 0.3) is 11.0 Å². The number of piperidine rings is 1. The molecule has 30 heavy (non-hydrogen) atoms. The summed E-state index contributed by atoms with van der Waals surface area (Å²) in [5, 5.41) is 13.8. The molecule has 2 aromatic heterocycles. The van der Waals surface area contributed by atoms with E-state index in [-0.39, 0.29) is 36.2 Å². The summed E-state index contributed by atoms with van der Waals surface area (Å²) in [5.74, 6) is -0.372. The summed E-state index contributed by atoms with van der Waals surface area (Å²) in [6.45, 7) is -7.13. The minimum atomic E-state index is -3.91. The van der Waals surface area contributed by atoms with Crippen LogP contribution in [0.2, 0.25) is 0 Å². The minimum Gasteiger partial charge on any atom is -0.388 e. The van der Waals surface area contributed by atoms with E-state index < -0.39 is 78.4 Å². The summed E-state index contributed by atoms with van der Waals surface area (Å²) in [7, 11) is -3.91. The first kappa shape index (κ1) is 12.1. The number of rotatable bonds is 4. The average molecular weight is 446 g/mol. The fraction of sp³-hybridized carbons (Fsp3) is 0.650. The van der Waals surface area contributed by atoms with Crippen LogP contribution in [-0.4, -0.2) is 63.4 Å². The zero-order valence-electron chi connectivity index (χ0n) is 26.2. The maximum Gasteiger partial charge on any atom is 0.255 e. The third kappa shape index (κ3) is 3.95. The highest BCUT2D eigenvalue weighted by molar-refractivity contribution is 7.88. The summed E-state index contributed by atoms with van der Waals surface area (Å²) >= 11 is 0. The summed E-state index contributed by atoms with van der Waals surface area (Å²) < 4.78 is 106. The van der Waals surface area contributed by atoms with E-state index in [9.17, 15) is 18.3 Å². The second kappa shape index (κ2) is 7.58. The van der Waals surface area contributed by atoms with Gasteiger partial charge in [-0.1, -0.05) is 0 Å². The largest absolute Gasteiger partial charge is 0.388 e. The summed E-state index contributed by atoms with van der Waals surface area (Å²) in [4.78, 5) is 21.8. The van der Waals surface area contributed by atoms with E-state index >= 15 is 0 Å². The Labute approximate surface area is 190 Å². The Bertz CT molecular complexity index is 1480. The number of aromatic nitrogens is 3. The van der Waals surface area contributed by atoms with Crippen molar-refractivity contribution in [1.82, 2.24) is 18.8 Å². The van der Waals surface area contributed by atoms with Gasteiger partial charge in [0.2, 0.25) is 16.0 Å². The van der Waals surface area contributed by atoms with Crippen LogP contribution in [-0.2, 0) is 10.0 Å². The van der Waals surface area contributed by atoms with Crippen LogP contribution in [0.5, 0.6) is 0 Å². The topological polar surface area (TPSA) is 117 Å². The van der Waals surface area contributed by atoms with Crippen molar-refractivity contribution in [3.05, 3.63) is 28.2 Å². The fourth-order valence-electron chi connectivity index (χ4n) is 3.77. The number of hydrogen-bond acceptors (Lipinski definition) is 7. The molecule has 0 radical (unpaired) electrons. The van der Waals surface area contributed by atoms with Gasteiger partial charge in [-0.15, -0.1) is 0 Å². The standard InChI is InChI=1S/C20H29N5O4S/c1-13-11-14-12-21-19(22-15-6-9-24(10-7-15)30(3,28)29)23-17(14)25(18(13)26)16-5-4-8-20(16,2)27/h11-12,15-16,27H,4-10H2,1-3H3,(H,21,22,23)/t16-,20-/m1/s1/i1D3,2D3,6D2,7D2. The van der Waals surface area contributed by atoms with Crippen molar-refractivity contribution in [1.29, 1.82) is 0 Å². The molecule has 2 fully saturated rings. The quantitative estimate of drug-likeness (QED) is 0.731. The molecule has 2 aliphatic rings. The van der Waals surface area contributed by atoms with Crippen molar-refractivity contribution in [3.63, 3.8) is 0 Å². The van der Waals surface area contributed by atoms with Crippen molar-refractivity contribution in [2.24, 2.45) is 0 Å². The van der Waals surface area contributed by atoms with Gasteiger partial charge in [-0.25, -0.2) is 17.7 Å². The second-order valence-corrected chi connectivity index (χ2v) is 9.54. The Morgan fingerprint density at radius 2 is 2.17 bits per heavy atom. The molecule has 0 unspecified atom stereocenters. The van der Waals surface area contributed by atoms with Crippen LogP contribution in [0.1, 0.15) is 64.2 Å². The van der Waals surface area contributed by atoms with Crippen molar-refractivity contribution in [2.75, 3.05) is 24.7 Å². The third-order valence-corrected chi connectivity index (χ3v) is 6.55. The van der Waals surface area contributed by atoms with E-state index in [0.29, 0.717) is 4.31 Å². The van der Waals surface area contributed by atoms with Gasteiger partial charge < -0.3 is 10.4 Å². The van der Waals surface area contributed by atoms with Gasteiger partial charge in [0.05, 0.1) is 17.9 Å². The van der Waals surface area contributed by atoms with E-state index in [1.54, 1.807) is 0 Å². The van der Waals surface area contributed by atoms with Crippen LogP contribution in [0.4, 0.5) is 5.95 Å². The maximum atomic E-state index is 13.5. The SMILES string of the molecule is [2H]C([2H])([2H])c1cc2cnc(NC3C([2H])([2H])CN(S(C)(=O)=O)CC3([2H])[2H])nc2n([C@@H]2CCC[C@]2(O)C([2H])([2H])[2H])c1=O. The molecule has 164 valence electrons. The smallest absolute Gasteiger partial charge is 0.255 e. The number of aryl methyl sites for hydroxylation is 1. The van der Waals surface area contributed by atoms with E-state index in [1.165, 1.54) is 0 Å². The molecule has 10 heteroatoms. The lowest BCUT2D eigenvalue weighted by Crippen LogP contribution is -2.42. The molecule has 1 saturated heterocycles. The van der Waals surface area contributed by atoms with Gasteiger partial charge >= 0.3 is 0 Å². The lowest BCUT2D eigenvalue weighted by molar-refractivity contribution is 0.0266. The number of nitrogens with one attached hydrogen (secondary N) is 1. The zero-order valence-corrected chi connectivity index (χ0v) is 17.0. The number of nitrogens with zero attached hydrogens (tertiary/aromatic N) is 4. The Balaban J connectivity index is 1.88. The molecule has 1 saturated carbocycles. The van der Waals surface area contributed by atoms with Gasteiger partial charge in [0.1, 0.15) is 5.65 Å². The van der Waals surface area contributed by atoms with Crippen LogP contribution in [0.3, 0.4) is 0 Å². The highest BCUT2D eigenvalue weighted by atomic mass is 32.2.